The third kappa shape index (κ3) is 2.63. The molecule has 0 aliphatic rings. The lowest BCUT2D eigenvalue weighted by Gasteiger charge is -2.16. The monoisotopic (exact) mass is 340 g/mol. The second-order valence-corrected chi connectivity index (χ2v) is 6.51. The third-order valence-corrected chi connectivity index (χ3v) is 5.01. The van der Waals surface area contributed by atoms with Gasteiger partial charge < -0.3 is 20.1 Å². The summed E-state index contributed by atoms with van der Waals surface area (Å²) in [5, 5.41) is 45.1. The van der Waals surface area contributed by atoms with E-state index < -0.39 is 13.6 Å². The van der Waals surface area contributed by atoms with Crippen molar-refractivity contribution in [2.75, 3.05) is 0 Å². The Morgan fingerprint density at radius 2 is 0.885 bits per heavy atom. The van der Waals surface area contributed by atoms with Gasteiger partial charge in [0.1, 0.15) is 0 Å². The lowest BCUT2D eigenvalue weighted by atomic mass is 9.37. The Bertz CT molecular complexity index is 1030. The first-order valence-electron chi connectivity index (χ1n) is 8.60. The van der Waals surface area contributed by atoms with Crippen molar-refractivity contribution in [2.24, 2.45) is 0 Å². The topological polar surface area (TPSA) is 80.9 Å². The Balaban J connectivity index is 2.23. The summed E-state index contributed by atoms with van der Waals surface area (Å²) in [6, 6.07) is 19.2. The van der Waals surface area contributed by atoms with Gasteiger partial charge in [0, 0.05) is 0 Å². The first-order chi connectivity index (χ1) is 12.7. The number of hydrogen-bond donors (Lipinski definition) is 4. The van der Waals surface area contributed by atoms with E-state index in [-0.39, 0.29) is 14.7 Å². The second kappa shape index (κ2) is 6.82. The minimum atomic E-state index is -0.967. The van der Waals surface area contributed by atoms with Crippen LogP contribution in [0.2, 0.25) is 0 Å². The molecule has 0 saturated heterocycles. The molecule has 0 aromatic heterocycles. The van der Waals surface area contributed by atoms with Gasteiger partial charge in [0.05, 0.1) is 0 Å². The summed E-state index contributed by atoms with van der Waals surface area (Å²) in [5.41, 5.74) is 1.35. The largest absolute Gasteiger partial charge is 0.458 e. The molecule has 0 radical (unpaired) electrons. The Labute approximate surface area is 152 Å². The zero-order chi connectivity index (χ0) is 18.3. The van der Waals surface area contributed by atoms with Crippen LogP contribution in [0.15, 0.2) is 60.7 Å². The molecule has 0 aliphatic carbocycles. The van der Waals surface area contributed by atoms with Crippen molar-refractivity contribution in [3.05, 3.63) is 60.7 Å². The van der Waals surface area contributed by atoms with E-state index >= 15 is 0 Å². The van der Waals surface area contributed by atoms with Crippen LogP contribution in [0, 0.1) is 0 Å². The maximum absolute atomic E-state index is 10.3. The quantitative estimate of drug-likeness (QED) is 0.290. The van der Waals surface area contributed by atoms with Crippen LogP contribution >= 0.6 is 0 Å². The maximum atomic E-state index is 10.3. The molecule has 26 heavy (non-hydrogen) atoms. The normalized spacial score (nSPS) is 11.1. The molecular weight excluding hydrogens is 323 g/mol. The van der Waals surface area contributed by atoms with Crippen LogP contribution in [-0.2, 0) is 0 Å². The molecule has 4 rings (SSSR count). The molecule has 0 saturated carbocycles. The van der Waals surface area contributed by atoms with Crippen LogP contribution in [0.1, 0.15) is 0 Å². The van der Waals surface area contributed by atoms with E-state index in [1.807, 2.05) is 60.7 Å². The summed E-state index contributed by atoms with van der Waals surface area (Å²) in [4.78, 5) is 0. The number of benzene rings is 4. The van der Waals surface area contributed by atoms with Crippen molar-refractivity contribution in [1.29, 1.82) is 0 Å². The SMILES string of the molecule is OBB(O)c1cc2c3ccccc3c(B(O)BO)cc2c2ccccc12. The zero-order valence-electron chi connectivity index (χ0n) is 14.1. The van der Waals surface area contributed by atoms with Gasteiger partial charge in [-0.3, -0.25) is 0 Å². The number of hydrogen-bond acceptors (Lipinski definition) is 4. The fourth-order valence-corrected chi connectivity index (χ4v) is 3.76. The van der Waals surface area contributed by atoms with E-state index in [9.17, 15) is 20.1 Å². The molecule has 4 N–H and O–H groups in total. The van der Waals surface area contributed by atoms with Gasteiger partial charge in [-0.05, 0) is 43.2 Å². The highest BCUT2D eigenvalue weighted by Gasteiger charge is 2.22. The first-order valence-corrected chi connectivity index (χ1v) is 8.60. The van der Waals surface area contributed by atoms with Crippen molar-refractivity contribution in [3.8, 4) is 0 Å². The smallest absolute Gasteiger partial charge is 0.316 e. The molecule has 0 spiro atoms. The van der Waals surface area contributed by atoms with Crippen LogP contribution in [0.5, 0.6) is 0 Å². The molecule has 0 amide bonds. The summed E-state index contributed by atoms with van der Waals surface area (Å²) < 4.78 is 0. The van der Waals surface area contributed by atoms with Gasteiger partial charge in [-0.2, -0.15) is 0 Å². The first kappa shape index (κ1) is 17.2. The van der Waals surface area contributed by atoms with Crippen LogP contribution < -0.4 is 10.9 Å². The summed E-state index contributed by atoms with van der Waals surface area (Å²) >= 11 is 0. The summed E-state index contributed by atoms with van der Waals surface area (Å²) in [6.07, 6.45) is 0. The van der Waals surface area contributed by atoms with E-state index in [2.05, 4.69) is 0 Å². The standard InChI is InChI=1S/C18H16B4O4/c23-19-21(25)17-10-16-12-6-2-4-8-14(12)18(22(26)20-24)9-15(16)11-5-1-3-7-13(11)17/h1-10,19-20,23-26H. The third-order valence-electron chi connectivity index (χ3n) is 5.01. The Kier molecular flexibility index (Phi) is 4.51. The molecule has 8 heteroatoms. The van der Waals surface area contributed by atoms with Crippen LogP contribution in [0.3, 0.4) is 0 Å². The van der Waals surface area contributed by atoms with Crippen molar-refractivity contribution < 1.29 is 20.1 Å². The van der Waals surface area contributed by atoms with E-state index in [1.54, 1.807) is 0 Å². The van der Waals surface area contributed by atoms with Crippen molar-refractivity contribution >= 4 is 71.6 Å². The lowest BCUT2D eigenvalue weighted by molar-refractivity contribution is 0.573. The average molecular weight is 340 g/mol. The Morgan fingerprint density at radius 3 is 1.23 bits per heavy atom. The molecule has 0 bridgehead atoms. The summed E-state index contributed by atoms with van der Waals surface area (Å²) in [5.74, 6) is 0. The fraction of sp³-hybridized carbons (Fsp3) is 0. The average Bonchev–Trinajstić information content (AvgIpc) is 2.71. The van der Waals surface area contributed by atoms with Gasteiger partial charge in [-0.15, -0.1) is 0 Å². The molecule has 4 aromatic rings. The molecule has 4 aromatic carbocycles. The highest BCUT2D eigenvalue weighted by Crippen LogP contribution is 2.29. The number of rotatable bonds is 4. The molecule has 0 atom stereocenters. The Morgan fingerprint density at radius 1 is 0.538 bits per heavy atom. The van der Waals surface area contributed by atoms with Gasteiger partial charge in [0.15, 0.2) is 0 Å². The molecule has 124 valence electrons. The minimum Gasteiger partial charge on any atom is -0.458 e. The van der Waals surface area contributed by atoms with E-state index in [0.717, 1.165) is 32.3 Å². The molecule has 4 nitrogen and oxygen atoms in total. The highest BCUT2D eigenvalue weighted by molar-refractivity contribution is 7.13. The second-order valence-electron chi connectivity index (χ2n) is 6.51. The molecule has 0 fully saturated rings. The van der Waals surface area contributed by atoms with E-state index in [1.165, 1.54) is 0 Å². The Hall–Kier alpha value is -2.24. The number of fused-ring (bicyclic) bond motifs is 5. The molecule has 0 heterocycles. The van der Waals surface area contributed by atoms with Crippen LogP contribution in [0.25, 0.3) is 32.3 Å². The zero-order valence-corrected chi connectivity index (χ0v) is 14.1. The molecular formula is C18H16B4O4. The van der Waals surface area contributed by atoms with Gasteiger partial charge in [-0.1, -0.05) is 60.7 Å². The van der Waals surface area contributed by atoms with Crippen molar-refractivity contribution in [3.63, 3.8) is 0 Å². The predicted octanol–water partition coefficient (Wildman–Crippen LogP) is -0.791. The van der Waals surface area contributed by atoms with Crippen LogP contribution in [0.4, 0.5) is 0 Å². The van der Waals surface area contributed by atoms with Gasteiger partial charge in [-0.25, -0.2) is 0 Å². The van der Waals surface area contributed by atoms with Gasteiger partial charge in [0.2, 0.25) is 0 Å². The summed E-state index contributed by atoms with van der Waals surface area (Å²) in [7, 11) is -0.705. The van der Waals surface area contributed by atoms with Gasteiger partial charge in [0.25, 0.3) is 14.7 Å². The predicted molar refractivity (Wildman–Crippen MR) is 113 cm³/mol. The molecule has 0 unspecified atom stereocenters. The van der Waals surface area contributed by atoms with E-state index in [0.29, 0.717) is 10.9 Å². The summed E-state index contributed by atoms with van der Waals surface area (Å²) in [6.45, 7) is -1.93. The molecule has 0 aliphatic heterocycles. The van der Waals surface area contributed by atoms with E-state index in [4.69, 9.17) is 0 Å². The highest BCUT2D eigenvalue weighted by atomic mass is 16.2. The maximum Gasteiger partial charge on any atom is 0.316 e. The van der Waals surface area contributed by atoms with Crippen molar-refractivity contribution in [2.45, 2.75) is 0 Å². The lowest BCUT2D eigenvalue weighted by Crippen LogP contribution is -2.38. The van der Waals surface area contributed by atoms with Crippen LogP contribution in [-0.4, -0.2) is 48.5 Å². The minimum absolute atomic E-state index is 0.352. The van der Waals surface area contributed by atoms with Crippen molar-refractivity contribution in [1.82, 2.24) is 0 Å². The van der Waals surface area contributed by atoms with Gasteiger partial charge >= 0.3 is 13.6 Å². The fourth-order valence-electron chi connectivity index (χ4n) is 3.76.